The van der Waals surface area contributed by atoms with E-state index >= 15 is 0 Å². The Morgan fingerprint density at radius 2 is 1.36 bits per heavy atom. The Hall–Kier alpha value is -1.76. The Kier molecular flexibility index (Phi) is 5.22. The van der Waals surface area contributed by atoms with E-state index in [1.807, 2.05) is 0 Å². The maximum atomic E-state index is 12.3. The molecule has 0 spiro atoms. The van der Waals surface area contributed by atoms with E-state index in [0.29, 0.717) is 11.4 Å². The molecule has 1 aromatic rings. The summed E-state index contributed by atoms with van der Waals surface area (Å²) in [4.78, 5) is 16.1. The number of benzene rings is 1. The summed E-state index contributed by atoms with van der Waals surface area (Å²) in [5, 5.41) is 9.65. The van der Waals surface area contributed by atoms with E-state index in [1.54, 1.807) is 6.07 Å². The minimum absolute atomic E-state index is 0.0862. The average Bonchev–Trinajstić information content (AvgIpc) is 2.61. The predicted molar refractivity (Wildman–Crippen MR) is 98.6 cm³/mol. The highest BCUT2D eigenvalue weighted by atomic mass is 32.2. The van der Waals surface area contributed by atoms with Gasteiger partial charge < -0.3 is 14.9 Å². The number of aromatic carboxylic acids is 1. The molecule has 6 nitrogen and oxygen atoms in total. The first-order chi connectivity index (χ1) is 11.9. The molecule has 25 heavy (non-hydrogen) atoms. The molecule has 0 aliphatic carbocycles. The first-order valence-electron chi connectivity index (χ1n) is 8.99. The Labute approximate surface area is 149 Å². The van der Waals surface area contributed by atoms with E-state index in [1.165, 1.54) is 6.07 Å². The number of hydrogen-bond acceptors (Lipinski definition) is 5. The molecule has 0 saturated carbocycles. The molecule has 2 fully saturated rings. The van der Waals surface area contributed by atoms with Gasteiger partial charge in [-0.2, -0.15) is 0 Å². The molecule has 0 atom stereocenters. The first-order valence-corrected chi connectivity index (χ1v) is 10.9. The third-order valence-corrected chi connectivity index (χ3v) is 6.23. The highest BCUT2D eigenvalue weighted by Gasteiger charge is 2.27. The lowest BCUT2D eigenvalue weighted by Gasteiger charge is -2.34. The van der Waals surface area contributed by atoms with Crippen LogP contribution >= 0.6 is 0 Å². The van der Waals surface area contributed by atoms with Crippen molar-refractivity contribution in [3.8, 4) is 0 Å². The van der Waals surface area contributed by atoms with Crippen molar-refractivity contribution in [3.05, 3.63) is 17.7 Å². The van der Waals surface area contributed by atoms with Crippen LogP contribution in [0.25, 0.3) is 0 Å². The van der Waals surface area contributed by atoms with Crippen molar-refractivity contribution in [1.82, 2.24) is 0 Å². The Bertz CT molecular complexity index is 749. The van der Waals surface area contributed by atoms with Crippen LogP contribution in [0.15, 0.2) is 17.0 Å². The van der Waals surface area contributed by atoms with Gasteiger partial charge >= 0.3 is 5.97 Å². The van der Waals surface area contributed by atoms with Crippen molar-refractivity contribution in [2.45, 2.75) is 43.4 Å². The third-order valence-electron chi connectivity index (χ3n) is 5.10. The van der Waals surface area contributed by atoms with E-state index < -0.39 is 15.8 Å². The topological polar surface area (TPSA) is 77.9 Å². The predicted octanol–water partition coefficient (Wildman–Crippen LogP) is 2.77. The van der Waals surface area contributed by atoms with Gasteiger partial charge in [0.05, 0.1) is 21.8 Å². The fraction of sp³-hybridized carbons (Fsp3) is 0.611. The molecule has 0 radical (unpaired) electrons. The molecule has 0 amide bonds. The fourth-order valence-electron chi connectivity index (χ4n) is 3.80. The SMILES string of the molecule is CS(=O)(=O)c1cc(C(=O)O)c(N2CCCCC2)cc1N1CCCCC1. The zero-order valence-corrected chi connectivity index (χ0v) is 15.5. The van der Waals surface area contributed by atoms with E-state index in [4.69, 9.17) is 0 Å². The second-order valence-corrected chi connectivity index (χ2v) is 8.99. The molecule has 1 aromatic carbocycles. The normalized spacial score (nSPS) is 19.1. The fourth-order valence-corrected chi connectivity index (χ4v) is 4.70. The van der Waals surface area contributed by atoms with Crippen LogP contribution in [0.4, 0.5) is 11.4 Å². The second-order valence-electron chi connectivity index (χ2n) is 7.01. The van der Waals surface area contributed by atoms with Crippen molar-refractivity contribution < 1.29 is 18.3 Å². The van der Waals surface area contributed by atoms with Gasteiger partial charge in [-0.3, -0.25) is 0 Å². The molecule has 2 aliphatic heterocycles. The summed E-state index contributed by atoms with van der Waals surface area (Å²) < 4.78 is 24.7. The zero-order valence-electron chi connectivity index (χ0n) is 14.7. The minimum atomic E-state index is -3.51. The lowest BCUT2D eigenvalue weighted by atomic mass is 10.0. The van der Waals surface area contributed by atoms with Gasteiger partial charge in [0.1, 0.15) is 0 Å². The van der Waals surface area contributed by atoms with Crippen LogP contribution in [0.5, 0.6) is 0 Å². The van der Waals surface area contributed by atoms with Crippen LogP contribution in [0.2, 0.25) is 0 Å². The number of carbonyl (C=O) groups is 1. The van der Waals surface area contributed by atoms with Crippen LogP contribution in [0.3, 0.4) is 0 Å². The standard InChI is InChI=1S/C18H26N2O4S/c1-25(23,24)17-12-14(18(21)22)15(19-8-4-2-5-9-19)13-16(17)20-10-6-3-7-11-20/h12-13H,2-11H2,1H3,(H,21,22). The van der Waals surface area contributed by atoms with Gasteiger partial charge in [0.15, 0.2) is 9.84 Å². The van der Waals surface area contributed by atoms with Crippen molar-refractivity contribution in [2.75, 3.05) is 42.2 Å². The van der Waals surface area contributed by atoms with Gasteiger partial charge in [-0.1, -0.05) is 0 Å². The third kappa shape index (κ3) is 3.92. The largest absolute Gasteiger partial charge is 0.478 e. The van der Waals surface area contributed by atoms with Crippen molar-refractivity contribution >= 4 is 27.2 Å². The number of anilines is 2. The summed E-state index contributed by atoms with van der Waals surface area (Å²) in [7, 11) is -3.51. The Morgan fingerprint density at radius 1 is 0.880 bits per heavy atom. The maximum Gasteiger partial charge on any atom is 0.337 e. The van der Waals surface area contributed by atoms with Gasteiger partial charge in [0.2, 0.25) is 0 Å². The molecule has 0 unspecified atom stereocenters. The van der Waals surface area contributed by atoms with Gasteiger partial charge in [-0.15, -0.1) is 0 Å². The second kappa shape index (κ2) is 7.23. The molecule has 138 valence electrons. The summed E-state index contributed by atoms with van der Waals surface area (Å²) >= 11 is 0. The molecule has 2 saturated heterocycles. The molecule has 3 rings (SSSR count). The van der Waals surface area contributed by atoms with E-state index in [-0.39, 0.29) is 10.5 Å². The minimum Gasteiger partial charge on any atom is -0.478 e. The number of nitrogens with zero attached hydrogens (tertiary/aromatic N) is 2. The summed E-state index contributed by atoms with van der Waals surface area (Å²) in [5.74, 6) is -1.07. The highest BCUT2D eigenvalue weighted by Crippen LogP contribution is 2.36. The van der Waals surface area contributed by atoms with Crippen LogP contribution in [-0.4, -0.2) is 51.9 Å². The van der Waals surface area contributed by atoms with Crippen LogP contribution in [-0.2, 0) is 9.84 Å². The summed E-state index contributed by atoms with van der Waals surface area (Å²) in [6.45, 7) is 3.26. The average molecular weight is 366 g/mol. The smallest absolute Gasteiger partial charge is 0.337 e. The van der Waals surface area contributed by atoms with Gasteiger partial charge in [-0.05, 0) is 50.7 Å². The molecule has 0 aromatic heterocycles. The number of carboxylic acids is 1. The molecule has 2 heterocycles. The van der Waals surface area contributed by atoms with Gasteiger partial charge in [-0.25, -0.2) is 13.2 Å². The van der Waals surface area contributed by atoms with Gasteiger partial charge in [0, 0.05) is 32.4 Å². The lowest BCUT2D eigenvalue weighted by Crippen LogP contribution is -2.33. The lowest BCUT2D eigenvalue weighted by molar-refractivity contribution is 0.0697. The number of hydrogen-bond donors (Lipinski definition) is 1. The number of piperidine rings is 2. The van der Waals surface area contributed by atoms with Crippen LogP contribution in [0.1, 0.15) is 48.9 Å². The van der Waals surface area contributed by atoms with Crippen molar-refractivity contribution in [3.63, 3.8) is 0 Å². The molecular formula is C18H26N2O4S. The molecule has 2 aliphatic rings. The maximum absolute atomic E-state index is 12.3. The van der Waals surface area contributed by atoms with Crippen LogP contribution in [0, 0.1) is 0 Å². The van der Waals surface area contributed by atoms with Gasteiger partial charge in [0.25, 0.3) is 0 Å². The zero-order chi connectivity index (χ0) is 18.0. The highest BCUT2D eigenvalue weighted by molar-refractivity contribution is 7.90. The molecular weight excluding hydrogens is 340 g/mol. The summed E-state index contributed by atoms with van der Waals surface area (Å²) in [6.07, 6.45) is 7.59. The van der Waals surface area contributed by atoms with E-state index in [2.05, 4.69) is 9.80 Å². The van der Waals surface area contributed by atoms with Crippen molar-refractivity contribution in [2.24, 2.45) is 0 Å². The van der Waals surface area contributed by atoms with Crippen LogP contribution < -0.4 is 9.80 Å². The Morgan fingerprint density at radius 3 is 1.80 bits per heavy atom. The molecule has 7 heteroatoms. The first kappa shape index (κ1) is 18.0. The number of rotatable bonds is 4. The Balaban J connectivity index is 2.15. The molecule has 1 N–H and O–H groups in total. The molecule has 0 bridgehead atoms. The van der Waals surface area contributed by atoms with E-state index in [9.17, 15) is 18.3 Å². The van der Waals surface area contributed by atoms with Crippen molar-refractivity contribution in [1.29, 1.82) is 0 Å². The quantitative estimate of drug-likeness (QED) is 0.883. The monoisotopic (exact) mass is 366 g/mol. The number of sulfone groups is 1. The summed E-state index contributed by atoms with van der Waals surface area (Å²) in [6, 6.07) is 3.17. The van der Waals surface area contributed by atoms with E-state index in [0.717, 1.165) is 71.0 Å². The number of carboxylic acid groups (broad SMARTS) is 1. The summed E-state index contributed by atoms with van der Waals surface area (Å²) in [5.41, 5.74) is 1.40.